The zero-order valence-corrected chi connectivity index (χ0v) is 34.2. The Morgan fingerprint density at radius 2 is 1.17 bits per heavy atom. The molecule has 2 aromatic heterocycles. The van der Waals surface area contributed by atoms with E-state index in [-0.39, 0.29) is 13.0 Å². The molecule has 316 valence electrons. The summed E-state index contributed by atoms with van der Waals surface area (Å²) in [7, 11) is 0. The van der Waals surface area contributed by atoms with Crippen molar-refractivity contribution in [2.45, 2.75) is 78.6 Å². The van der Waals surface area contributed by atoms with Crippen LogP contribution < -0.4 is 4.74 Å². The number of carboxylic acid groups (broad SMARTS) is 2. The van der Waals surface area contributed by atoms with E-state index in [1.165, 1.54) is 34.7 Å². The fourth-order valence-corrected chi connectivity index (χ4v) is 7.79. The van der Waals surface area contributed by atoms with Crippen molar-refractivity contribution in [3.8, 4) is 27.5 Å². The Bertz CT molecular complexity index is 2240. The maximum absolute atomic E-state index is 12.8. The van der Waals surface area contributed by atoms with Gasteiger partial charge in [0.15, 0.2) is 6.61 Å². The molecule has 6 rings (SSSR count). The molecule has 4 aromatic carbocycles. The van der Waals surface area contributed by atoms with E-state index in [2.05, 4.69) is 6.07 Å². The van der Waals surface area contributed by atoms with Crippen molar-refractivity contribution in [2.24, 2.45) is 0 Å². The number of halogens is 6. The van der Waals surface area contributed by atoms with Crippen LogP contribution in [0.2, 0.25) is 0 Å². The number of furan rings is 1. The first kappa shape index (κ1) is 45.3. The van der Waals surface area contributed by atoms with E-state index in [9.17, 15) is 35.9 Å². The number of carboxylic acids is 2. The quantitative estimate of drug-likeness (QED) is 0.106. The van der Waals surface area contributed by atoms with E-state index in [1.54, 1.807) is 17.4 Å². The largest absolute Gasteiger partial charge is 0.482 e. The van der Waals surface area contributed by atoms with Crippen molar-refractivity contribution in [1.82, 2.24) is 0 Å². The number of thiophene rings is 1. The highest BCUT2D eigenvalue weighted by Crippen LogP contribution is 2.36. The number of benzene rings is 4. The van der Waals surface area contributed by atoms with Gasteiger partial charge in [-0.05, 0) is 147 Å². The highest BCUT2D eigenvalue weighted by Gasteiger charge is 2.31. The van der Waals surface area contributed by atoms with E-state index in [4.69, 9.17) is 19.4 Å². The molecule has 0 aliphatic carbocycles. The molecule has 0 amide bonds. The van der Waals surface area contributed by atoms with Crippen molar-refractivity contribution in [2.75, 3.05) is 6.61 Å². The van der Waals surface area contributed by atoms with Crippen molar-refractivity contribution in [1.29, 1.82) is 0 Å². The van der Waals surface area contributed by atoms with Gasteiger partial charge in [-0.3, -0.25) is 4.79 Å². The fourth-order valence-electron chi connectivity index (χ4n) is 6.61. The van der Waals surface area contributed by atoms with Crippen LogP contribution in [-0.2, 0) is 54.0 Å². The maximum Gasteiger partial charge on any atom is 0.416 e. The van der Waals surface area contributed by atoms with Crippen LogP contribution in [0.25, 0.3) is 21.8 Å². The molecule has 0 aliphatic rings. The SMILES string of the molecule is Cc1cc(CCc2cc(-c3ccc(C(F)(F)F)cc3)oc2C)ccc1OCC(=O)O.Cc1cc(CCc2sc(-c3ccc(C(F)(F)F)cc3)cc2C)ccc1CCC(=O)O. The second kappa shape index (κ2) is 19.5. The van der Waals surface area contributed by atoms with Crippen molar-refractivity contribution >= 4 is 23.3 Å². The number of aryl methyl sites for hydroxylation is 9. The van der Waals surface area contributed by atoms with Crippen LogP contribution in [0.5, 0.6) is 5.75 Å². The molecule has 60 heavy (non-hydrogen) atoms. The molecule has 2 heterocycles. The highest BCUT2D eigenvalue weighted by atomic mass is 32.1. The normalized spacial score (nSPS) is 11.6. The fraction of sp³-hybridized carbons (Fsp3) is 0.277. The molecule has 2 N–H and O–H groups in total. The molecule has 0 unspecified atom stereocenters. The van der Waals surface area contributed by atoms with Gasteiger partial charge >= 0.3 is 24.3 Å². The van der Waals surface area contributed by atoms with Gasteiger partial charge in [-0.25, -0.2) is 4.79 Å². The summed E-state index contributed by atoms with van der Waals surface area (Å²) in [5.74, 6) is -0.0358. The van der Waals surface area contributed by atoms with E-state index in [1.807, 2.05) is 64.1 Å². The minimum atomic E-state index is -4.37. The van der Waals surface area contributed by atoms with Crippen LogP contribution in [0.1, 0.15) is 67.1 Å². The zero-order chi connectivity index (χ0) is 43.8. The van der Waals surface area contributed by atoms with Crippen LogP contribution in [0.3, 0.4) is 0 Å². The van der Waals surface area contributed by atoms with E-state index in [0.29, 0.717) is 29.9 Å². The molecule has 0 bridgehead atoms. The summed E-state index contributed by atoms with van der Waals surface area (Å²) < 4.78 is 87.4. The smallest absolute Gasteiger partial charge is 0.416 e. The Labute approximate surface area is 348 Å². The molecule has 0 aliphatic heterocycles. The molecular formula is C47H44F6O6S. The predicted molar refractivity (Wildman–Crippen MR) is 220 cm³/mol. The minimum Gasteiger partial charge on any atom is -0.482 e. The van der Waals surface area contributed by atoms with Gasteiger partial charge in [0.2, 0.25) is 0 Å². The van der Waals surface area contributed by atoms with Gasteiger partial charge in [0, 0.05) is 21.7 Å². The van der Waals surface area contributed by atoms with Crippen molar-refractivity contribution in [3.63, 3.8) is 0 Å². The lowest BCUT2D eigenvalue weighted by molar-refractivity contribution is -0.139. The highest BCUT2D eigenvalue weighted by molar-refractivity contribution is 7.15. The first-order chi connectivity index (χ1) is 28.3. The van der Waals surface area contributed by atoms with Gasteiger partial charge in [0.25, 0.3) is 0 Å². The van der Waals surface area contributed by atoms with Gasteiger partial charge in [0.1, 0.15) is 17.3 Å². The summed E-state index contributed by atoms with van der Waals surface area (Å²) in [5.41, 5.74) is 7.43. The summed E-state index contributed by atoms with van der Waals surface area (Å²) in [4.78, 5) is 23.6. The summed E-state index contributed by atoms with van der Waals surface area (Å²) in [6, 6.07) is 25.8. The van der Waals surface area contributed by atoms with E-state index >= 15 is 0 Å². The maximum atomic E-state index is 12.8. The molecule has 0 saturated heterocycles. The monoisotopic (exact) mass is 850 g/mol. The molecule has 13 heteroatoms. The third-order valence-electron chi connectivity index (χ3n) is 9.96. The lowest BCUT2D eigenvalue weighted by atomic mass is 9.98. The van der Waals surface area contributed by atoms with Crippen LogP contribution in [0.4, 0.5) is 26.3 Å². The molecular weight excluding hydrogens is 807 g/mol. The third kappa shape index (κ3) is 12.6. The third-order valence-corrected chi connectivity index (χ3v) is 11.3. The topological polar surface area (TPSA) is 97.0 Å². The average molecular weight is 851 g/mol. The number of ether oxygens (including phenoxy) is 1. The van der Waals surface area contributed by atoms with Crippen LogP contribution in [0, 0.1) is 27.7 Å². The molecule has 0 fully saturated rings. The summed E-state index contributed by atoms with van der Waals surface area (Å²) in [5, 5.41) is 17.5. The summed E-state index contributed by atoms with van der Waals surface area (Å²) >= 11 is 1.62. The Kier molecular flexibility index (Phi) is 14.7. The minimum absolute atomic E-state index is 0.126. The van der Waals surface area contributed by atoms with E-state index < -0.39 is 35.4 Å². The molecule has 0 atom stereocenters. The van der Waals surface area contributed by atoms with Crippen molar-refractivity contribution in [3.05, 3.63) is 158 Å². The van der Waals surface area contributed by atoms with Gasteiger partial charge in [-0.15, -0.1) is 11.3 Å². The van der Waals surface area contributed by atoms with Gasteiger partial charge < -0.3 is 19.4 Å². The standard InChI is InChI=1S/C24H23F3O2S.C23H21F3O4/c1-15-13-17(3-5-18(15)8-12-23(28)29)4-11-21-16(2)14-22(30-21)19-6-9-20(10-7-19)24(25,26)27;1-14-11-16(4-10-20(14)29-13-22(27)28)3-5-18-12-21(30-15(18)2)17-6-8-19(9-7-17)23(24,25)26/h3,5-7,9-10,13-14H,4,8,11-12H2,1-2H3,(H,28,29);4,6-12H,3,5,13H2,1-2H3,(H,27,28). The predicted octanol–water partition coefficient (Wildman–Crippen LogP) is 12.7. The molecule has 0 saturated carbocycles. The first-order valence-corrected chi connectivity index (χ1v) is 19.9. The lowest BCUT2D eigenvalue weighted by Crippen LogP contribution is -2.10. The van der Waals surface area contributed by atoms with Crippen LogP contribution in [-0.4, -0.2) is 28.8 Å². The zero-order valence-electron chi connectivity index (χ0n) is 33.4. The lowest BCUT2D eigenvalue weighted by Gasteiger charge is -2.09. The molecule has 6 nitrogen and oxygen atoms in total. The number of rotatable bonds is 14. The van der Waals surface area contributed by atoms with Gasteiger partial charge in [-0.1, -0.05) is 54.6 Å². The van der Waals surface area contributed by atoms with Gasteiger partial charge in [0.05, 0.1) is 11.1 Å². The molecule has 0 spiro atoms. The summed E-state index contributed by atoms with van der Waals surface area (Å²) in [6.45, 7) is 7.32. The molecule has 0 radical (unpaired) electrons. The van der Waals surface area contributed by atoms with Crippen LogP contribution in [0.15, 0.2) is 101 Å². The average Bonchev–Trinajstić information content (AvgIpc) is 3.76. The van der Waals surface area contributed by atoms with Gasteiger partial charge in [-0.2, -0.15) is 26.3 Å². The Hall–Kier alpha value is -5.82. The number of hydrogen-bond acceptors (Lipinski definition) is 5. The Balaban J connectivity index is 0.000000228. The summed E-state index contributed by atoms with van der Waals surface area (Å²) in [6.07, 6.45) is -4.90. The molecule has 6 aromatic rings. The number of carbonyl (C=O) groups is 2. The van der Waals surface area contributed by atoms with Crippen molar-refractivity contribution < 1.29 is 55.3 Å². The van der Waals surface area contributed by atoms with Crippen LogP contribution >= 0.6 is 11.3 Å². The number of hydrogen-bond donors (Lipinski definition) is 2. The van der Waals surface area contributed by atoms with E-state index in [0.717, 1.165) is 93.1 Å². The second-order valence-electron chi connectivity index (χ2n) is 14.5. The number of alkyl halides is 6. The second-order valence-corrected chi connectivity index (χ2v) is 15.6. The first-order valence-electron chi connectivity index (χ1n) is 19.0. The Morgan fingerprint density at radius 1 is 0.600 bits per heavy atom. The number of aliphatic carboxylic acids is 2. The Morgan fingerprint density at radius 3 is 1.72 bits per heavy atom.